The fourth-order valence-corrected chi connectivity index (χ4v) is 3.78. The molecule has 134 valence electrons. The molecule has 1 aromatic carbocycles. The number of nitrogens with one attached hydrogen (secondary N) is 1. The molecule has 1 aliphatic heterocycles. The summed E-state index contributed by atoms with van der Waals surface area (Å²) in [7, 11) is 1.97. The van der Waals surface area contributed by atoms with Gasteiger partial charge in [-0.25, -0.2) is 4.98 Å². The standard InChI is InChI=1S/C21H23N3O2/c1-22-13-15-6-4-10-24(14-15)21(25)17-12-19(20-9-5-11-26-20)23-18-8-3-2-7-16(17)18/h2-3,5,7-9,11-12,15,22H,4,6,10,13-14H2,1H3. The number of para-hydroxylation sites is 1. The van der Waals surface area contributed by atoms with Gasteiger partial charge in [0, 0.05) is 18.5 Å². The number of nitrogens with zero attached hydrogens (tertiary/aromatic N) is 2. The third-order valence-electron chi connectivity index (χ3n) is 5.02. The first-order valence-corrected chi connectivity index (χ1v) is 9.14. The molecule has 2 aromatic heterocycles. The van der Waals surface area contributed by atoms with Gasteiger partial charge in [-0.3, -0.25) is 4.79 Å². The molecule has 1 saturated heterocycles. The lowest BCUT2D eigenvalue weighted by atomic mass is 9.96. The molecular formula is C21H23N3O2. The number of fused-ring (bicyclic) bond motifs is 1. The number of piperidine rings is 1. The van der Waals surface area contributed by atoms with Crippen LogP contribution in [-0.4, -0.2) is 42.5 Å². The minimum Gasteiger partial charge on any atom is -0.463 e. The van der Waals surface area contributed by atoms with Crippen molar-refractivity contribution in [3.8, 4) is 11.5 Å². The number of hydrogen-bond donors (Lipinski definition) is 1. The van der Waals surface area contributed by atoms with Gasteiger partial charge in [-0.1, -0.05) is 18.2 Å². The maximum atomic E-state index is 13.3. The molecule has 5 heteroatoms. The summed E-state index contributed by atoms with van der Waals surface area (Å²) in [5.41, 5.74) is 2.21. The monoisotopic (exact) mass is 349 g/mol. The number of hydrogen-bond acceptors (Lipinski definition) is 4. The highest BCUT2D eigenvalue weighted by Crippen LogP contribution is 2.27. The molecule has 0 aliphatic carbocycles. The van der Waals surface area contributed by atoms with E-state index in [-0.39, 0.29) is 5.91 Å². The maximum absolute atomic E-state index is 13.3. The SMILES string of the molecule is CNCC1CCCN(C(=O)c2cc(-c3ccco3)nc3ccccc23)C1. The minimum atomic E-state index is 0.0807. The van der Waals surface area contributed by atoms with Crippen LogP contribution in [-0.2, 0) is 0 Å². The lowest BCUT2D eigenvalue weighted by Gasteiger charge is -2.33. The van der Waals surface area contributed by atoms with Crippen LogP contribution in [0.2, 0.25) is 0 Å². The summed E-state index contributed by atoms with van der Waals surface area (Å²) in [6.45, 7) is 2.55. The zero-order valence-electron chi connectivity index (χ0n) is 14.9. The number of aromatic nitrogens is 1. The van der Waals surface area contributed by atoms with Crippen LogP contribution in [0.25, 0.3) is 22.4 Å². The van der Waals surface area contributed by atoms with Crippen LogP contribution in [0.4, 0.5) is 0 Å². The quantitative estimate of drug-likeness (QED) is 0.782. The summed E-state index contributed by atoms with van der Waals surface area (Å²) >= 11 is 0. The molecule has 0 saturated carbocycles. The Morgan fingerprint density at radius 2 is 2.19 bits per heavy atom. The molecule has 0 radical (unpaired) electrons. The summed E-state index contributed by atoms with van der Waals surface area (Å²) in [6, 6.07) is 13.4. The maximum Gasteiger partial charge on any atom is 0.254 e. The van der Waals surface area contributed by atoms with Crippen molar-refractivity contribution >= 4 is 16.8 Å². The lowest BCUT2D eigenvalue weighted by molar-refractivity contribution is 0.0676. The van der Waals surface area contributed by atoms with Crippen LogP contribution in [0.5, 0.6) is 0 Å². The smallest absolute Gasteiger partial charge is 0.254 e. The average molecular weight is 349 g/mol. The van der Waals surface area contributed by atoms with Gasteiger partial charge in [0.05, 0.1) is 17.3 Å². The van der Waals surface area contributed by atoms with Gasteiger partial charge in [0.2, 0.25) is 0 Å². The number of carbonyl (C=O) groups excluding carboxylic acids is 1. The topological polar surface area (TPSA) is 58.4 Å². The Hall–Kier alpha value is -2.66. The number of benzene rings is 1. The molecule has 1 amide bonds. The number of likely N-dealkylation sites (tertiary alicyclic amines) is 1. The Morgan fingerprint density at radius 3 is 3.00 bits per heavy atom. The Kier molecular flexibility index (Phi) is 4.71. The van der Waals surface area contributed by atoms with E-state index in [0.717, 1.165) is 37.0 Å². The van der Waals surface area contributed by atoms with Crippen molar-refractivity contribution in [2.24, 2.45) is 5.92 Å². The third kappa shape index (κ3) is 3.22. The van der Waals surface area contributed by atoms with Crippen molar-refractivity contribution in [2.75, 3.05) is 26.7 Å². The lowest BCUT2D eigenvalue weighted by Crippen LogP contribution is -2.42. The van der Waals surface area contributed by atoms with E-state index in [4.69, 9.17) is 4.42 Å². The Morgan fingerprint density at radius 1 is 1.31 bits per heavy atom. The second-order valence-corrected chi connectivity index (χ2v) is 6.87. The first-order valence-electron chi connectivity index (χ1n) is 9.14. The summed E-state index contributed by atoms with van der Waals surface area (Å²) in [6.07, 6.45) is 3.84. The second-order valence-electron chi connectivity index (χ2n) is 6.87. The number of pyridine rings is 1. The molecule has 3 heterocycles. The minimum absolute atomic E-state index is 0.0807. The van der Waals surface area contributed by atoms with Gasteiger partial charge in [0.1, 0.15) is 5.69 Å². The largest absolute Gasteiger partial charge is 0.463 e. The van der Waals surface area contributed by atoms with E-state index in [1.54, 1.807) is 6.26 Å². The fraction of sp³-hybridized carbons (Fsp3) is 0.333. The number of amides is 1. The zero-order valence-corrected chi connectivity index (χ0v) is 14.9. The van der Waals surface area contributed by atoms with Crippen LogP contribution < -0.4 is 5.32 Å². The predicted molar refractivity (Wildman–Crippen MR) is 102 cm³/mol. The van der Waals surface area contributed by atoms with Crippen molar-refractivity contribution in [3.05, 3.63) is 54.3 Å². The normalized spacial score (nSPS) is 17.6. The van der Waals surface area contributed by atoms with Gasteiger partial charge < -0.3 is 14.6 Å². The van der Waals surface area contributed by atoms with Gasteiger partial charge in [0.15, 0.2) is 5.76 Å². The second kappa shape index (κ2) is 7.30. The molecule has 0 bridgehead atoms. The number of furan rings is 1. The first-order chi connectivity index (χ1) is 12.8. The third-order valence-corrected chi connectivity index (χ3v) is 5.02. The van der Waals surface area contributed by atoms with Crippen LogP contribution >= 0.6 is 0 Å². The van der Waals surface area contributed by atoms with Gasteiger partial charge in [-0.2, -0.15) is 0 Å². The van der Waals surface area contributed by atoms with Gasteiger partial charge in [0.25, 0.3) is 5.91 Å². The Labute approximate surface area is 153 Å². The van der Waals surface area contributed by atoms with E-state index >= 15 is 0 Å². The van der Waals surface area contributed by atoms with Gasteiger partial charge in [-0.05, 0) is 56.6 Å². The zero-order chi connectivity index (χ0) is 17.9. The van der Waals surface area contributed by atoms with Crippen LogP contribution in [0, 0.1) is 5.92 Å². The molecule has 1 atom stereocenters. The highest BCUT2D eigenvalue weighted by Gasteiger charge is 2.26. The van der Waals surface area contributed by atoms with Crippen molar-refractivity contribution in [2.45, 2.75) is 12.8 Å². The van der Waals surface area contributed by atoms with E-state index in [1.807, 2.05) is 54.4 Å². The van der Waals surface area contributed by atoms with E-state index in [1.165, 1.54) is 6.42 Å². The first kappa shape index (κ1) is 16.8. The van der Waals surface area contributed by atoms with Crippen LogP contribution in [0.3, 0.4) is 0 Å². The van der Waals surface area contributed by atoms with Crippen LogP contribution in [0.1, 0.15) is 23.2 Å². The van der Waals surface area contributed by atoms with Crippen molar-refractivity contribution in [1.82, 2.24) is 15.2 Å². The predicted octanol–water partition coefficient (Wildman–Crippen LogP) is 3.57. The molecule has 1 unspecified atom stereocenters. The number of rotatable bonds is 4. The molecule has 4 rings (SSSR count). The molecule has 3 aromatic rings. The Balaban J connectivity index is 1.73. The fourth-order valence-electron chi connectivity index (χ4n) is 3.78. The molecule has 1 aliphatic rings. The van der Waals surface area contributed by atoms with Gasteiger partial charge in [-0.15, -0.1) is 0 Å². The summed E-state index contributed by atoms with van der Waals surface area (Å²) in [5, 5.41) is 4.13. The molecule has 1 fully saturated rings. The van der Waals surface area contributed by atoms with E-state index < -0.39 is 0 Å². The van der Waals surface area contributed by atoms with E-state index in [0.29, 0.717) is 22.9 Å². The molecule has 26 heavy (non-hydrogen) atoms. The molecule has 5 nitrogen and oxygen atoms in total. The van der Waals surface area contributed by atoms with Crippen molar-refractivity contribution < 1.29 is 9.21 Å². The van der Waals surface area contributed by atoms with Crippen molar-refractivity contribution in [1.29, 1.82) is 0 Å². The Bertz CT molecular complexity index is 903. The van der Waals surface area contributed by atoms with E-state index in [2.05, 4.69) is 10.3 Å². The van der Waals surface area contributed by atoms with Crippen LogP contribution in [0.15, 0.2) is 53.1 Å². The highest BCUT2D eigenvalue weighted by atomic mass is 16.3. The average Bonchev–Trinajstić information content (AvgIpc) is 3.22. The molecule has 1 N–H and O–H groups in total. The summed E-state index contributed by atoms with van der Waals surface area (Å²) in [5.74, 6) is 1.27. The summed E-state index contributed by atoms with van der Waals surface area (Å²) < 4.78 is 5.50. The molecular weight excluding hydrogens is 326 g/mol. The van der Waals surface area contributed by atoms with Gasteiger partial charge >= 0.3 is 0 Å². The molecule has 0 spiro atoms. The summed E-state index contributed by atoms with van der Waals surface area (Å²) in [4.78, 5) is 20.0. The van der Waals surface area contributed by atoms with Crippen molar-refractivity contribution in [3.63, 3.8) is 0 Å². The van der Waals surface area contributed by atoms with E-state index in [9.17, 15) is 4.79 Å². The number of carbonyl (C=O) groups is 1. The highest BCUT2D eigenvalue weighted by molar-refractivity contribution is 6.07.